The van der Waals surface area contributed by atoms with Crippen LogP contribution < -0.4 is 5.32 Å². The minimum Gasteiger partial charge on any atom is -0.481 e. The first-order chi connectivity index (χ1) is 11.3. The molecule has 0 atom stereocenters. The summed E-state index contributed by atoms with van der Waals surface area (Å²) in [5.41, 5.74) is 0.283. The minimum absolute atomic E-state index is 0.0439. The van der Waals surface area contributed by atoms with E-state index in [-0.39, 0.29) is 17.8 Å². The standard InChI is InChI=1S/C17H22N2O5/c1-11-8-12(2)14(19(23)24)9-13(11)15(20)18-10-17(16(21)22)6-4-3-5-7-17/h8-9H,3-7,10H2,1-2H3,(H,18,20)(H,21,22). The van der Waals surface area contributed by atoms with Gasteiger partial charge in [-0.1, -0.05) is 19.3 Å². The zero-order valence-corrected chi connectivity index (χ0v) is 13.9. The van der Waals surface area contributed by atoms with Gasteiger partial charge in [-0.05, 0) is 38.3 Å². The number of nitro benzene ring substituents is 1. The number of nitrogens with zero attached hydrogens (tertiary/aromatic N) is 1. The van der Waals surface area contributed by atoms with Gasteiger partial charge in [-0.25, -0.2) is 0 Å². The quantitative estimate of drug-likeness (QED) is 0.635. The van der Waals surface area contributed by atoms with E-state index in [0.717, 1.165) is 19.3 Å². The molecule has 1 aliphatic rings. The monoisotopic (exact) mass is 334 g/mol. The van der Waals surface area contributed by atoms with E-state index >= 15 is 0 Å². The molecule has 0 unspecified atom stereocenters. The van der Waals surface area contributed by atoms with E-state index in [1.165, 1.54) is 6.07 Å². The van der Waals surface area contributed by atoms with Crippen LogP contribution in [0.25, 0.3) is 0 Å². The Morgan fingerprint density at radius 3 is 2.38 bits per heavy atom. The van der Waals surface area contributed by atoms with Crippen LogP contribution in [0.5, 0.6) is 0 Å². The van der Waals surface area contributed by atoms with Gasteiger partial charge in [0, 0.05) is 23.7 Å². The van der Waals surface area contributed by atoms with Crippen molar-refractivity contribution in [3.05, 3.63) is 38.9 Å². The largest absolute Gasteiger partial charge is 0.481 e. The Labute approximate surface area is 140 Å². The number of hydrogen-bond acceptors (Lipinski definition) is 4. The van der Waals surface area contributed by atoms with Crippen LogP contribution in [-0.2, 0) is 4.79 Å². The molecule has 1 aliphatic carbocycles. The number of benzene rings is 1. The van der Waals surface area contributed by atoms with Crippen LogP contribution in [0.3, 0.4) is 0 Å². The van der Waals surface area contributed by atoms with E-state index in [0.29, 0.717) is 24.0 Å². The molecule has 0 bridgehead atoms. The second-order valence-electron chi connectivity index (χ2n) is 6.54. The van der Waals surface area contributed by atoms with Crippen LogP contribution >= 0.6 is 0 Å². The van der Waals surface area contributed by atoms with Crippen molar-refractivity contribution < 1.29 is 19.6 Å². The summed E-state index contributed by atoms with van der Waals surface area (Å²) >= 11 is 0. The van der Waals surface area contributed by atoms with Gasteiger partial charge in [-0.15, -0.1) is 0 Å². The molecule has 7 heteroatoms. The number of aliphatic carboxylic acids is 1. The molecule has 1 saturated carbocycles. The third-order valence-corrected chi connectivity index (χ3v) is 4.84. The van der Waals surface area contributed by atoms with Gasteiger partial charge < -0.3 is 10.4 Å². The number of carbonyl (C=O) groups is 2. The molecule has 7 nitrogen and oxygen atoms in total. The van der Waals surface area contributed by atoms with Crippen molar-refractivity contribution in [3.63, 3.8) is 0 Å². The fraction of sp³-hybridized carbons (Fsp3) is 0.529. The normalized spacial score (nSPS) is 16.4. The molecule has 130 valence electrons. The summed E-state index contributed by atoms with van der Waals surface area (Å²) in [4.78, 5) is 34.6. The highest BCUT2D eigenvalue weighted by molar-refractivity contribution is 5.96. The first kappa shape index (κ1) is 17.9. The minimum atomic E-state index is -0.932. The maximum atomic E-state index is 12.4. The Morgan fingerprint density at radius 2 is 1.83 bits per heavy atom. The number of hydrogen-bond donors (Lipinski definition) is 2. The van der Waals surface area contributed by atoms with Crippen LogP contribution in [0, 0.1) is 29.4 Å². The van der Waals surface area contributed by atoms with Gasteiger partial charge in [-0.3, -0.25) is 19.7 Å². The average Bonchev–Trinajstić information content (AvgIpc) is 2.53. The topological polar surface area (TPSA) is 110 Å². The second-order valence-corrected chi connectivity index (χ2v) is 6.54. The molecule has 0 radical (unpaired) electrons. The molecule has 1 fully saturated rings. The number of nitro groups is 1. The van der Waals surface area contributed by atoms with Crippen molar-refractivity contribution in [3.8, 4) is 0 Å². The summed E-state index contributed by atoms with van der Waals surface area (Å²) in [6.45, 7) is 3.37. The van der Waals surface area contributed by atoms with Gasteiger partial charge >= 0.3 is 5.97 Å². The van der Waals surface area contributed by atoms with E-state index in [1.54, 1.807) is 19.9 Å². The van der Waals surface area contributed by atoms with E-state index in [4.69, 9.17) is 0 Å². The zero-order valence-electron chi connectivity index (χ0n) is 13.9. The van der Waals surface area contributed by atoms with Crippen molar-refractivity contribution in [2.45, 2.75) is 46.0 Å². The molecule has 0 aromatic heterocycles. The number of aryl methyl sites for hydroxylation is 2. The number of nitrogens with one attached hydrogen (secondary N) is 1. The van der Waals surface area contributed by atoms with Gasteiger partial charge in [0.1, 0.15) is 0 Å². The van der Waals surface area contributed by atoms with Crippen LogP contribution in [0.4, 0.5) is 5.69 Å². The fourth-order valence-corrected chi connectivity index (χ4v) is 3.32. The fourth-order valence-electron chi connectivity index (χ4n) is 3.32. The maximum Gasteiger partial charge on any atom is 0.311 e. The smallest absolute Gasteiger partial charge is 0.311 e. The number of carboxylic acids is 1. The van der Waals surface area contributed by atoms with Crippen molar-refractivity contribution in [1.82, 2.24) is 5.32 Å². The predicted octanol–water partition coefficient (Wildman–Crippen LogP) is 2.98. The van der Waals surface area contributed by atoms with Crippen LogP contribution in [-0.4, -0.2) is 28.5 Å². The van der Waals surface area contributed by atoms with E-state index in [9.17, 15) is 24.8 Å². The molecule has 0 aliphatic heterocycles. The second kappa shape index (κ2) is 6.98. The molecule has 1 amide bonds. The lowest BCUT2D eigenvalue weighted by Crippen LogP contribution is -2.44. The highest BCUT2D eigenvalue weighted by atomic mass is 16.6. The Kier molecular flexibility index (Phi) is 5.21. The summed E-state index contributed by atoms with van der Waals surface area (Å²) in [6.07, 6.45) is 3.74. The lowest BCUT2D eigenvalue weighted by atomic mass is 9.74. The third-order valence-electron chi connectivity index (χ3n) is 4.84. The lowest BCUT2D eigenvalue weighted by molar-refractivity contribution is -0.385. The first-order valence-electron chi connectivity index (χ1n) is 8.04. The van der Waals surface area contributed by atoms with Crippen LogP contribution in [0.1, 0.15) is 53.6 Å². The Bertz CT molecular complexity index is 678. The summed E-state index contributed by atoms with van der Waals surface area (Å²) < 4.78 is 0. The molecule has 1 aromatic carbocycles. The van der Waals surface area contributed by atoms with Crippen molar-refractivity contribution >= 4 is 17.6 Å². The maximum absolute atomic E-state index is 12.4. The summed E-state index contributed by atoms with van der Waals surface area (Å²) in [5.74, 6) is -1.36. The Hall–Kier alpha value is -2.44. The zero-order chi connectivity index (χ0) is 17.9. The highest BCUT2D eigenvalue weighted by Crippen LogP contribution is 2.36. The summed E-state index contributed by atoms with van der Waals surface area (Å²) in [6, 6.07) is 2.86. The van der Waals surface area contributed by atoms with Gasteiger partial charge in [0.25, 0.3) is 11.6 Å². The number of carbonyl (C=O) groups excluding carboxylic acids is 1. The lowest BCUT2D eigenvalue weighted by Gasteiger charge is -2.33. The van der Waals surface area contributed by atoms with Gasteiger partial charge in [0.2, 0.25) is 0 Å². The molecular formula is C17H22N2O5. The van der Waals surface area contributed by atoms with Crippen molar-refractivity contribution in [2.75, 3.05) is 6.54 Å². The van der Waals surface area contributed by atoms with Gasteiger partial charge in [0.15, 0.2) is 0 Å². The first-order valence-corrected chi connectivity index (χ1v) is 8.04. The molecule has 0 spiro atoms. The highest BCUT2D eigenvalue weighted by Gasteiger charge is 2.40. The molecule has 2 rings (SSSR count). The molecule has 0 saturated heterocycles. The number of carboxylic acid groups (broad SMARTS) is 1. The number of amides is 1. The van der Waals surface area contributed by atoms with Crippen molar-refractivity contribution in [1.29, 1.82) is 0 Å². The van der Waals surface area contributed by atoms with Gasteiger partial charge in [0.05, 0.1) is 10.3 Å². The summed E-state index contributed by atoms with van der Waals surface area (Å²) in [7, 11) is 0. The Balaban J connectivity index is 2.19. The summed E-state index contributed by atoms with van der Waals surface area (Å²) in [5, 5.41) is 23.3. The molecule has 24 heavy (non-hydrogen) atoms. The van der Waals surface area contributed by atoms with E-state index < -0.39 is 22.2 Å². The van der Waals surface area contributed by atoms with Crippen molar-refractivity contribution in [2.24, 2.45) is 5.41 Å². The van der Waals surface area contributed by atoms with Gasteiger partial charge in [-0.2, -0.15) is 0 Å². The number of rotatable bonds is 5. The molecule has 1 aromatic rings. The van der Waals surface area contributed by atoms with E-state index in [1.807, 2.05) is 0 Å². The Morgan fingerprint density at radius 1 is 1.21 bits per heavy atom. The predicted molar refractivity (Wildman–Crippen MR) is 88.1 cm³/mol. The third kappa shape index (κ3) is 3.55. The molecule has 2 N–H and O–H groups in total. The molecule has 0 heterocycles. The van der Waals surface area contributed by atoms with Crippen LogP contribution in [0.2, 0.25) is 0 Å². The molecular weight excluding hydrogens is 312 g/mol. The van der Waals surface area contributed by atoms with Crippen LogP contribution in [0.15, 0.2) is 12.1 Å². The average molecular weight is 334 g/mol. The van der Waals surface area contributed by atoms with E-state index in [2.05, 4.69) is 5.32 Å². The SMILES string of the molecule is Cc1cc(C)c([N+](=O)[O-])cc1C(=O)NCC1(C(=O)O)CCCCC1.